The molecule has 2 aromatic rings. The Hall–Kier alpha value is -3.98. The number of rotatable bonds is 11. The number of hydrogen-bond acceptors (Lipinski definition) is 8. The standard InChI is InChI=1S/C26H30N2O7/c1-5-28(6-2)15-16-33-26(32)21-9-11-22(12-10-21)27-25(31)14-8-20-7-13-23(34-18(3)29)24(17-20)35-19(4)30/h7-14,17H,5-6,15-16H2,1-4H3,(H,27,31)/b14-8-. The van der Waals surface area contributed by atoms with Crippen molar-refractivity contribution in [2.75, 3.05) is 31.6 Å². The van der Waals surface area contributed by atoms with Gasteiger partial charge in [-0.25, -0.2) is 4.79 Å². The average molecular weight is 483 g/mol. The second-order valence-corrected chi connectivity index (χ2v) is 7.46. The van der Waals surface area contributed by atoms with Crippen molar-refractivity contribution in [3.8, 4) is 11.5 Å². The van der Waals surface area contributed by atoms with Crippen molar-refractivity contribution < 1.29 is 33.4 Å². The molecule has 0 heterocycles. The van der Waals surface area contributed by atoms with E-state index in [9.17, 15) is 19.2 Å². The van der Waals surface area contributed by atoms with E-state index in [1.54, 1.807) is 30.3 Å². The first-order chi connectivity index (χ1) is 16.7. The summed E-state index contributed by atoms with van der Waals surface area (Å²) in [5.74, 6) is -1.79. The van der Waals surface area contributed by atoms with Crippen LogP contribution >= 0.6 is 0 Å². The first kappa shape index (κ1) is 27.3. The first-order valence-corrected chi connectivity index (χ1v) is 11.2. The quantitative estimate of drug-likeness (QED) is 0.293. The van der Waals surface area contributed by atoms with E-state index in [4.69, 9.17) is 14.2 Å². The Labute approximate surface area is 204 Å². The molecular weight excluding hydrogens is 452 g/mol. The highest BCUT2D eigenvalue weighted by molar-refractivity contribution is 6.02. The monoisotopic (exact) mass is 482 g/mol. The van der Waals surface area contributed by atoms with Crippen molar-refractivity contribution in [3.63, 3.8) is 0 Å². The topological polar surface area (TPSA) is 111 Å². The molecule has 9 heteroatoms. The summed E-state index contributed by atoms with van der Waals surface area (Å²) in [6.45, 7) is 9.33. The van der Waals surface area contributed by atoms with Gasteiger partial charge in [-0.3, -0.25) is 14.4 Å². The maximum atomic E-state index is 12.3. The lowest BCUT2D eigenvalue weighted by Crippen LogP contribution is -2.27. The van der Waals surface area contributed by atoms with Gasteiger partial charge in [0.1, 0.15) is 6.61 Å². The summed E-state index contributed by atoms with van der Waals surface area (Å²) in [7, 11) is 0. The van der Waals surface area contributed by atoms with Crippen molar-refractivity contribution in [3.05, 3.63) is 59.7 Å². The molecule has 0 saturated carbocycles. The van der Waals surface area contributed by atoms with Crippen LogP contribution in [0.25, 0.3) is 6.08 Å². The molecule has 186 valence electrons. The third-order valence-corrected chi connectivity index (χ3v) is 4.83. The number of carbonyl (C=O) groups excluding carboxylic acids is 4. The van der Waals surface area contributed by atoms with E-state index in [-0.39, 0.29) is 11.5 Å². The summed E-state index contributed by atoms with van der Waals surface area (Å²) >= 11 is 0. The van der Waals surface area contributed by atoms with E-state index >= 15 is 0 Å². The Bertz CT molecular complexity index is 1070. The second kappa shape index (κ2) is 13.7. The molecule has 0 aliphatic heterocycles. The van der Waals surface area contributed by atoms with Crippen LogP contribution < -0.4 is 14.8 Å². The molecule has 0 fully saturated rings. The van der Waals surface area contributed by atoms with Crippen LogP contribution in [0, 0.1) is 0 Å². The highest BCUT2D eigenvalue weighted by Gasteiger charge is 2.11. The van der Waals surface area contributed by atoms with Gasteiger partial charge in [-0.15, -0.1) is 0 Å². The molecule has 0 radical (unpaired) electrons. The molecule has 2 aromatic carbocycles. The lowest BCUT2D eigenvalue weighted by Gasteiger charge is -2.17. The number of ether oxygens (including phenoxy) is 3. The zero-order valence-corrected chi connectivity index (χ0v) is 20.3. The van der Waals surface area contributed by atoms with Crippen LogP contribution in [0.1, 0.15) is 43.6 Å². The van der Waals surface area contributed by atoms with Gasteiger partial charge < -0.3 is 24.4 Å². The summed E-state index contributed by atoms with van der Waals surface area (Å²) < 4.78 is 15.4. The highest BCUT2D eigenvalue weighted by atomic mass is 16.6. The predicted octanol–water partition coefficient (Wildman–Crippen LogP) is 3.69. The van der Waals surface area contributed by atoms with Gasteiger partial charge in [0, 0.05) is 32.2 Å². The van der Waals surface area contributed by atoms with Crippen LogP contribution in [0.2, 0.25) is 0 Å². The molecule has 2 rings (SSSR count). The summed E-state index contributed by atoms with van der Waals surface area (Å²) in [5, 5.41) is 2.70. The number of nitrogens with zero attached hydrogens (tertiary/aromatic N) is 1. The van der Waals surface area contributed by atoms with Gasteiger partial charge >= 0.3 is 17.9 Å². The fourth-order valence-electron chi connectivity index (χ4n) is 3.04. The zero-order valence-electron chi connectivity index (χ0n) is 20.3. The van der Waals surface area contributed by atoms with Crippen molar-refractivity contribution >= 4 is 35.6 Å². The minimum atomic E-state index is -0.575. The Morgan fingerprint density at radius 3 is 2.11 bits per heavy atom. The van der Waals surface area contributed by atoms with E-state index < -0.39 is 23.8 Å². The van der Waals surface area contributed by atoms with Crippen LogP contribution in [0.3, 0.4) is 0 Å². The van der Waals surface area contributed by atoms with Gasteiger partial charge in [-0.05, 0) is 61.1 Å². The molecular formula is C26H30N2O7. The minimum absolute atomic E-state index is 0.0647. The number of carbonyl (C=O) groups is 4. The van der Waals surface area contributed by atoms with Crippen molar-refractivity contribution in [2.24, 2.45) is 0 Å². The number of amides is 1. The number of likely N-dealkylation sites (N-methyl/N-ethyl adjacent to an activating group) is 1. The zero-order chi connectivity index (χ0) is 25.8. The summed E-state index contributed by atoms with van der Waals surface area (Å²) in [6, 6.07) is 10.9. The molecule has 0 spiro atoms. The summed E-state index contributed by atoms with van der Waals surface area (Å²) in [5.41, 5.74) is 1.45. The molecule has 0 atom stereocenters. The van der Waals surface area contributed by atoms with Gasteiger partial charge in [0.05, 0.1) is 5.56 Å². The van der Waals surface area contributed by atoms with E-state index in [0.29, 0.717) is 30.0 Å². The van der Waals surface area contributed by atoms with Gasteiger partial charge in [0.2, 0.25) is 5.91 Å². The average Bonchev–Trinajstić information content (AvgIpc) is 2.81. The molecule has 0 bridgehead atoms. The third-order valence-electron chi connectivity index (χ3n) is 4.83. The van der Waals surface area contributed by atoms with Crippen LogP contribution in [-0.4, -0.2) is 55.0 Å². The number of hydrogen-bond donors (Lipinski definition) is 1. The van der Waals surface area contributed by atoms with Crippen LogP contribution in [0.5, 0.6) is 11.5 Å². The van der Waals surface area contributed by atoms with Gasteiger partial charge in [0.15, 0.2) is 11.5 Å². The molecule has 0 aliphatic carbocycles. The Morgan fingerprint density at radius 1 is 0.886 bits per heavy atom. The van der Waals surface area contributed by atoms with Gasteiger partial charge in [-0.1, -0.05) is 19.9 Å². The SMILES string of the molecule is CCN(CC)CCOC(=O)c1ccc(NC(=O)/C=C\c2ccc(OC(C)=O)c(OC(C)=O)c2)cc1. The molecule has 1 N–H and O–H groups in total. The Balaban J connectivity index is 1.96. The Morgan fingerprint density at radius 2 is 1.51 bits per heavy atom. The van der Waals surface area contributed by atoms with Gasteiger partial charge in [0.25, 0.3) is 0 Å². The van der Waals surface area contributed by atoms with E-state index in [1.807, 2.05) is 0 Å². The van der Waals surface area contributed by atoms with Crippen LogP contribution in [0.15, 0.2) is 48.5 Å². The number of benzene rings is 2. The second-order valence-electron chi connectivity index (χ2n) is 7.46. The fourth-order valence-corrected chi connectivity index (χ4v) is 3.04. The van der Waals surface area contributed by atoms with Crippen LogP contribution in [-0.2, 0) is 19.1 Å². The lowest BCUT2D eigenvalue weighted by molar-refractivity contribution is -0.134. The predicted molar refractivity (Wildman–Crippen MR) is 131 cm³/mol. The third kappa shape index (κ3) is 9.42. The molecule has 0 aliphatic rings. The summed E-state index contributed by atoms with van der Waals surface area (Å²) in [6.07, 6.45) is 2.81. The van der Waals surface area contributed by atoms with E-state index in [0.717, 1.165) is 13.1 Å². The molecule has 0 unspecified atom stereocenters. The molecule has 1 amide bonds. The smallest absolute Gasteiger partial charge is 0.338 e. The number of anilines is 1. The molecule has 0 aromatic heterocycles. The van der Waals surface area contributed by atoms with Crippen molar-refractivity contribution in [1.29, 1.82) is 0 Å². The van der Waals surface area contributed by atoms with Crippen molar-refractivity contribution in [2.45, 2.75) is 27.7 Å². The largest absolute Gasteiger partial charge is 0.461 e. The molecule has 0 saturated heterocycles. The first-order valence-electron chi connectivity index (χ1n) is 11.2. The van der Waals surface area contributed by atoms with Crippen molar-refractivity contribution in [1.82, 2.24) is 4.90 Å². The maximum Gasteiger partial charge on any atom is 0.338 e. The highest BCUT2D eigenvalue weighted by Crippen LogP contribution is 2.29. The lowest BCUT2D eigenvalue weighted by atomic mass is 10.2. The number of nitrogens with one attached hydrogen (secondary N) is 1. The number of esters is 3. The van der Waals surface area contributed by atoms with Gasteiger partial charge in [-0.2, -0.15) is 0 Å². The minimum Gasteiger partial charge on any atom is -0.461 e. The maximum absolute atomic E-state index is 12.3. The summed E-state index contributed by atoms with van der Waals surface area (Å²) in [4.78, 5) is 49.2. The van der Waals surface area contributed by atoms with E-state index in [2.05, 4.69) is 24.1 Å². The fraction of sp³-hybridized carbons (Fsp3) is 0.308. The molecule has 35 heavy (non-hydrogen) atoms. The van der Waals surface area contributed by atoms with E-state index in [1.165, 1.54) is 38.1 Å². The molecule has 9 nitrogen and oxygen atoms in total. The Kier molecular flexibility index (Phi) is 10.6. The normalized spacial score (nSPS) is 10.8. The van der Waals surface area contributed by atoms with Crippen LogP contribution in [0.4, 0.5) is 5.69 Å².